The van der Waals surface area contributed by atoms with Gasteiger partial charge in [-0.15, -0.1) is 0 Å². The lowest BCUT2D eigenvalue weighted by Gasteiger charge is -2.40. The summed E-state index contributed by atoms with van der Waals surface area (Å²) in [7, 11) is 0. The molecule has 0 spiro atoms. The molecule has 0 radical (unpaired) electrons. The van der Waals surface area contributed by atoms with Gasteiger partial charge in [-0.25, -0.2) is 0 Å². The number of carbonyl (C=O) groups is 1. The van der Waals surface area contributed by atoms with Crippen LogP contribution in [0.15, 0.2) is 11.5 Å². The van der Waals surface area contributed by atoms with Crippen molar-refractivity contribution in [3.63, 3.8) is 0 Å². The van der Waals surface area contributed by atoms with Gasteiger partial charge in [-0.05, 0) is 6.42 Å². The molecule has 2 heterocycles. The third-order valence-corrected chi connectivity index (χ3v) is 6.04. The first-order chi connectivity index (χ1) is 16.1. The molecule has 2 aliphatic heterocycles. The molecule has 0 aromatic heterocycles. The Morgan fingerprint density at radius 3 is 2.29 bits per heavy atom. The monoisotopic (exact) mass is 496 g/mol. The van der Waals surface area contributed by atoms with Gasteiger partial charge < -0.3 is 65.5 Å². The Bertz CT molecular complexity index is 737. The minimum absolute atomic E-state index is 0.0268. The van der Waals surface area contributed by atoms with Crippen molar-refractivity contribution in [2.24, 2.45) is 11.7 Å². The van der Waals surface area contributed by atoms with Gasteiger partial charge in [-0.3, -0.25) is 10.1 Å². The summed E-state index contributed by atoms with van der Waals surface area (Å²) < 4.78 is 22.0. The number of nitrogens with two attached hydrogens (primary N) is 1. The van der Waals surface area contributed by atoms with Crippen LogP contribution in [0.4, 0.5) is 0 Å². The first-order valence-corrected chi connectivity index (χ1v) is 10.7. The fourth-order valence-corrected chi connectivity index (χ4v) is 4.13. The van der Waals surface area contributed by atoms with E-state index in [-0.39, 0.29) is 18.7 Å². The van der Waals surface area contributed by atoms with E-state index < -0.39 is 98.8 Å². The van der Waals surface area contributed by atoms with Gasteiger partial charge in [0.1, 0.15) is 55.2 Å². The van der Waals surface area contributed by atoms with Crippen molar-refractivity contribution in [2.45, 2.75) is 67.9 Å². The van der Waals surface area contributed by atoms with E-state index in [9.17, 15) is 40.5 Å². The van der Waals surface area contributed by atoms with E-state index in [1.807, 2.05) is 0 Å². The van der Waals surface area contributed by atoms with E-state index in [2.05, 4.69) is 5.32 Å². The lowest BCUT2D eigenvalue weighted by molar-refractivity contribution is -0.318. The van der Waals surface area contributed by atoms with Crippen molar-refractivity contribution < 1.29 is 64.6 Å². The highest BCUT2D eigenvalue weighted by Crippen LogP contribution is 2.31. The Hall–Kier alpha value is -1.47. The summed E-state index contributed by atoms with van der Waals surface area (Å²) in [5, 5.41) is 81.5. The summed E-state index contributed by atoms with van der Waals surface area (Å²) in [5.74, 6) is -2.38. The third-order valence-electron chi connectivity index (χ3n) is 6.04. The second kappa shape index (κ2) is 11.5. The molecule has 0 amide bonds. The lowest BCUT2D eigenvalue weighted by atomic mass is 9.87. The normalized spacial score (nSPS) is 43.5. The number of aliphatic hydroxyl groups excluding tert-OH is 8. The van der Waals surface area contributed by atoms with Crippen LogP contribution in [0.2, 0.25) is 0 Å². The van der Waals surface area contributed by atoms with Crippen LogP contribution >= 0.6 is 0 Å². The fraction of sp³-hybridized carbons (Fsp3) is 0.842. The van der Waals surface area contributed by atoms with Crippen LogP contribution in [0.1, 0.15) is 6.42 Å². The summed E-state index contributed by atoms with van der Waals surface area (Å²) >= 11 is 0. The number of rotatable bonds is 9. The molecular weight excluding hydrogens is 464 g/mol. The largest absolute Gasteiger partial charge is 0.503 e. The van der Waals surface area contributed by atoms with Crippen LogP contribution in [0.3, 0.4) is 0 Å². The van der Waals surface area contributed by atoms with Gasteiger partial charge in [0.2, 0.25) is 5.78 Å². The van der Waals surface area contributed by atoms with Crippen molar-refractivity contribution in [3.05, 3.63) is 11.5 Å². The smallest absolute Gasteiger partial charge is 0.228 e. The number of hydrogen-bond donors (Lipinski definition) is 10. The second-order valence-corrected chi connectivity index (χ2v) is 8.33. The highest BCUT2D eigenvalue weighted by Gasteiger charge is 2.51. The first-order valence-electron chi connectivity index (χ1n) is 10.7. The number of carbonyl (C=O) groups excluding carboxylic acids is 1. The van der Waals surface area contributed by atoms with Crippen LogP contribution in [-0.4, -0.2) is 135 Å². The minimum atomic E-state index is -1.74. The van der Waals surface area contributed by atoms with Crippen molar-refractivity contribution in [1.29, 1.82) is 0 Å². The Kier molecular flexibility index (Phi) is 9.18. The molecule has 15 nitrogen and oxygen atoms in total. The molecular formula is C19H32N2O13. The summed E-state index contributed by atoms with van der Waals surface area (Å²) in [4.78, 5) is 12.5. The summed E-state index contributed by atoms with van der Waals surface area (Å²) in [6.45, 7) is -1.81. The molecule has 15 heteroatoms. The average molecular weight is 496 g/mol. The standard InChI is InChI=1S/C19H32N2O13/c20-7-3-6(4-23)15(12(28)9(7)25)33-18-16(31-2-1-22)14(30)17(21-18)34-19-13(29)11(27)10(26)8(5-24)32-19/h6,8,10-11,13-19,21-27,29-30H,1-5,20H2/t6?,8-,10-,11+,13-,14+,15?,16-,17+,18-,19-/m1/s1. The van der Waals surface area contributed by atoms with Crippen LogP contribution in [0.5, 0.6) is 0 Å². The topological polar surface area (TPSA) is 254 Å². The van der Waals surface area contributed by atoms with Crippen molar-refractivity contribution in [2.75, 3.05) is 26.4 Å². The predicted octanol–water partition coefficient (Wildman–Crippen LogP) is -5.51. The number of hydrogen-bond acceptors (Lipinski definition) is 15. The second-order valence-electron chi connectivity index (χ2n) is 8.33. The van der Waals surface area contributed by atoms with Crippen LogP contribution in [0.25, 0.3) is 0 Å². The van der Waals surface area contributed by atoms with Crippen LogP contribution in [0, 0.1) is 5.92 Å². The van der Waals surface area contributed by atoms with Gasteiger partial charge in [0, 0.05) is 12.5 Å². The van der Waals surface area contributed by atoms with Gasteiger partial charge in [0.15, 0.2) is 12.0 Å². The number of aliphatic hydroxyl groups is 8. The zero-order valence-electron chi connectivity index (χ0n) is 18.1. The molecule has 11 atom stereocenters. The number of nitrogens with one attached hydrogen (secondary N) is 1. The van der Waals surface area contributed by atoms with E-state index in [0.717, 1.165) is 0 Å². The Labute approximate surface area is 193 Å². The highest BCUT2D eigenvalue weighted by atomic mass is 16.7. The maximum Gasteiger partial charge on any atom is 0.228 e. The average Bonchev–Trinajstić information content (AvgIpc) is 3.11. The number of allylic oxidation sites excluding steroid dienone is 1. The van der Waals surface area contributed by atoms with Gasteiger partial charge in [-0.1, -0.05) is 0 Å². The molecule has 11 N–H and O–H groups in total. The summed E-state index contributed by atoms with van der Waals surface area (Å²) in [5.41, 5.74) is 5.53. The van der Waals surface area contributed by atoms with Crippen molar-refractivity contribution >= 4 is 5.78 Å². The molecule has 196 valence electrons. The van der Waals surface area contributed by atoms with Crippen LogP contribution in [-0.2, 0) is 23.7 Å². The zero-order chi connectivity index (χ0) is 25.2. The first kappa shape index (κ1) is 27.1. The Morgan fingerprint density at radius 1 is 0.971 bits per heavy atom. The molecule has 3 aliphatic rings. The third kappa shape index (κ3) is 5.35. The SMILES string of the molecule is NC1=C(O)C(=O)C(O[C@H]2N[C@@H](O[C@H]3O[C@H](CO)[C@@H](O)[C@H](O)[C@H]3O)[C@@H](O)[C@H]2OCCO)C(CO)C1. The number of Topliss-reactive ketones (excluding diaryl/α,β-unsaturated/α-hetero) is 1. The Balaban J connectivity index is 1.76. The van der Waals surface area contributed by atoms with Crippen LogP contribution < -0.4 is 11.1 Å². The summed E-state index contributed by atoms with van der Waals surface area (Å²) in [6, 6.07) is 0. The molecule has 0 aromatic carbocycles. The maximum atomic E-state index is 12.5. The minimum Gasteiger partial charge on any atom is -0.503 e. The van der Waals surface area contributed by atoms with Crippen molar-refractivity contribution in [1.82, 2.24) is 5.32 Å². The number of ether oxygens (including phenoxy) is 4. The van der Waals surface area contributed by atoms with E-state index in [1.54, 1.807) is 0 Å². The molecule has 34 heavy (non-hydrogen) atoms. The molecule has 2 saturated heterocycles. The van der Waals surface area contributed by atoms with Crippen molar-refractivity contribution in [3.8, 4) is 0 Å². The predicted molar refractivity (Wildman–Crippen MR) is 107 cm³/mol. The Morgan fingerprint density at radius 2 is 1.68 bits per heavy atom. The summed E-state index contributed by atoms with van der Waals surface area (Å²) in [6.07, 6.45) is -14.6. The molecule has 1 aliphatic carbocycles. The fourth-order valence-electron chi connectivity index (χ4n) is 4.13. The lowest BCUT2D eigenvalue weighted by Crippen LogP contribution is -2.60. The molecule has 2 unspecified atom stereocenters. The molecule has 0 saturated carbocycles. The molecule has 3 rings (SSSR count). The molecule has 0 bridgehead atoms. The van der Waals surface area contributed by atoms with E-state index in [0.29, 0.717) is 0 Å². The van der Waals surface area contributed by atoms with E-state index >= 15 is 0 Å². The quantitative estimate of drug-likeness (QED) is 0.143. The van der Waals surface area contributed by atoms with E-state index in [1.165, 1.54) is 0 Å². The zero-order valence-corrected chi connectivity index (χ0v) is 18.1. The van der Waals surface area contributed by atoms with Gasteiger partial charge in [-0.2, -0.15) is 0 Å². The van der Waals surface area contributed by atoms with Gasteiger partial charge >= 0.3 is 0 Å². The molecule has 0 aromatic rings. The molecule has 2 fully saturated rings. The maximum absolute atomic E-state index is 12.5. The highest BCUT2D eigenvalue weighted by molar-refractivity contribution is 5.98. The van der Waals surface area contributed by atoms with Gasteiger partial charge in [0.05, 0.1) is 25.5 Å². The van der Waals surface area contributed by atoms with E-state index in [4.69, 9.17) is 29.8 Å². The van der Waals surface area contributed by atoms with Gasteiger partial charge in [0.25, 0.3) is 0 Å². The number of ketones is 1.